The second kappa shape index (κ2) is 4.65. The molecule has 0 aliphatic carbocycles. The average Bonchev–Trinajstić information content (AvgIpc) is 2.05. The molecule has 0 N–H and O–H groups in total. The zero-order valence-electron chi connectivity index (χ0n) is 6.79. The van der Waals surface area contributed by atoms with E-state index in [2.05, 4.69) is 22.6 Å². The second-order valence-electron chi connectivity index (χ2n) is 2.91. The van der Waals surface area contributed by atoms with Crippen LogP contribution in [0.25, 0.3) is 0 Å². The molecule has 0 spiro atoms. The lowest BCUT2D eigenvalue weighted by Gasteiger charge is -2.29. The summed E-state index contributed by atoms with van der Waals surface area (Å²) in [7, 11) is 0. The average molecular weight is 278 g/mol. The molecule has 0 aromatic carbocycles. The molecule has 1 amide bonds. The summed E-state index contributed by atoms with van der Waals surface area (Å²) in [6.07, 6.45) is 2.30. The second-order valence-corrected chi connectivity index (χ2v) is 4.68. The predicted molar refractivity (Wildman–Crippen MR) is 53.9 cm³/mol. The van der Waals surface area contributed by atoms with Gasteiger partial charge in [-0.1, -0.05) is 22.6 Å². The van der Waals surface area contributed by atoms with Crippen LogP contribution in [0.1, 0.15) is 19.3 Å². The highest BCUT2D eigenvalue weighted by atomic mass is 127. The van der Waals surface area contributed by atoms with Crippen molar-refractivity contribution in [2.75, 3.05) is 13.1 Å². The molecule has 0 aromatic heterocycles. The van der Waals surface area contributed by atoms with E-state index in [0.29, 0.717) is 3.92 Å². The Morgan fingerprint density at radius 2 is 2.50 bits per heavy atom. The van der Waals surface area contributed by atoms with E-state index in [1.54, 1.807) is 4.90 Å². The molecule has 1 rings (SSSR count). The Labute approximate surface area is 85.9 Å². The fourth-order valence-corrected chi connectivity index (χ4v) is 2.25. The molecular weight excluding hydrogens is 267 g/mol. The van der Waals surface area contributed by atoms with E-state index in [-0.39, 0.29) is 12.3 Å². The van der Waals surface area contributed by atoms with Gasteiger partial charge in [-0.15, -0.1) is 0 Å². The van der Waals surface area contributed by atoms with Crippen LogP contribution in [0.3, 0.4) is 0 Å². The van der Waals surface area contributed by atoms with E-state index in [1.807, 2.05) is 6.07 Å². The number of piperidine rings is 1. The number of hydrogen-bond acceptors (Lipinski definition) is 2. The molecule has 1 fully saturated rings. The fourth-order valence-electron chi connectivity index (χ4n) is 1.33. The molecule has 1 saturated heterocycles. The van der Waals surface area contributed by atoms with Gasteiger partial charge in [0, 0.05) is 17.0 Å². The fraction of sp³-hybridized carbons (Fsp3) is 0.750. The molecule has 1 aliphatic heterocycles. The Balaban J connectivity index is 2.41. The first kappa shape index (κ1) is 9.78. The van der Waals surface area contributed by atoms with E-state index in [9.17, 15) is 4.79 Å². The van der Waals surface area contributed by atoms with Gasteiger partial charge in [0.25, 0.3) is 0 Å². The molecule has 0 unspecified atom stereocenters. The Morgan fingerprint density at radius 1 is 1.75 bits per heavy atom. The minimum absolute atomic E-state index is 0.0149. The van der Waals surface area contributed by atoms with E-state index in [4.69, 9.17) is 5.26 Å². The predicted octanol–water partition coefficient (Wildman–Crippen LogP) is 1.33. The molecule has 1 heterocycles. The lowest BCUT2D eigenvalue weighted by molar-refractivity contribution is -0.130. The quantitative estimate of drug-likeness (QED) is 0.536. The molecule has 4 heteroatoms. The van der Waals surface area contributed by atoms with Crippen molar-refractivity contribution in [3.63, 3.8) is 0 Å². The van der Waals surface area contributed by atoms with E-state index in [1.165, 1.54) is 6.42 Å². The van der Waals surface area contributed by atoms with Gasteiger partial charge in [0.15, 0.2) is 0 Å². The van der Waals surface area contributed by atoms with Gasteiger partial charge in [-0.05, 0) is 12.8 Å². The third-order valence-electron chi connectivity index (χ3n) is 1.95. The van der Waals surface area contributed by atoms with Crippen molar-refractivity contribution < 1.29 is 4.79 Å². The standard InChI is InChI=1S/C8H11IN2O/c9-7-2-1-5-11(6-7)8(12)3-4-10/h7H,1-3,5-6H2/t7-/m1/s1. The summed E-state index contributed by atoms with van der Waals surface area (Å²) in [5.74, 6) is -0.0149. The highest BCUT2D eigenvalue weighted by Crippen LogP contribution is 2.17. The van der Waals surface area contributed by atoms with Crippen LogP contribution < -0.4 is 0 Å². The van der Waals surface area contributed by atoms with Gasteiger partial charge in [-0.25, -0.2) is 0 Å². The van der Waals surface area contributed by atoms with Crippen LogP contribution in [-0.4, -0.2) is 27.8 Å². The van der Waals surface area contributed by atoms with Gasteiger partial charge in [-0.2, -0.15) is 5.26 Å². The van der Waals surface area contributed by atoms with Crippen LogP contribution in [0, 0.1) is 11.3 Å². The van der Waals surface area contributed by atoms with Gasteiger partial charge >= 0.3 is 0 Å². The first-order valence-corrected chi connectivity index (χ1v) is 5.27. The van der Waals surface area contributed by atoms with Crippen LogP contribution in [0.2, 0.25) is 0 Å². The lowest BCUT2D eigenvalue weighted by atomic mass is 10.1. The van der Waals surface area contributed by atoms with E-state index in [0.717, 1.165) is 19.5 Å². The van der Waals surface area contributed by atoms with E-state index < -0.39 is 0 Å². The molecular formula is C8H11IN2O. The third-order valence-corrected chi connectivity index (χ3v) is 2.96. The summed E-state index contributed by atoms with van der Waals surface area (Å²) in [5, 5.41) is 8.33. The number of carbonyl (C=O) groups is 1. The topological polar surface area (TPSA) is 44.1 Å². The molecule has 12 heavy (non-hydrogen) atoms. The largest absolute Gasteiger partial charge is 0.341 e. The number of amides is 1. The summed E-state index contributed by atoms with van der Waals surface area (Å²) >= 11 is 2.36. The highest BCUT2D eigenvalue weighted by Gasteiger charge is 2.20. The Hall–Kier alpha value is -0.310. The van der Waals surface area contributed by atoms with Crippen molar-refractivity contribution in [3.8, 4) is 6.07 Å². The Bertz CT molecular complexity index is 212. The van der Waals surface area contributed by atoms with Crippen LogP contribution >= 0.6 is 22.6 Å². The van der Waals surface area contributed by atoms with Crippen LogP contribution in [-0.2, 0) is 4.79 Å². The van der Waals surface area contributed by atoms with Gasteiger partial charge in [0.2, 0.25) is 5.91 Å². The normalized spacial score (nSPS) is 23.3. The summed E-state index contributed by atoms with van der Waals surface area (Å²) in [6, 6.07) is 1.89. The van der Waals surface area contributed by atoms with Crippen molar-refractivity contribution in [1.82, 2.24) is 4.90 Å². The van der Waals surface area contributed by atoms with Gasteiger partial charge in [0.05, 0.1) is 6.07 Å². The first-order valence-electron chi connectivity index (χ1n) is 4.03. The SMILES string of the molecule is N#CCC(=O)N1CCC[C@@H](I)C1. The molecule has 0 radical (unpaired) electrons. The monoisotopic (exact) mass is 278 g/mol. The minimum Gasteiger partial charge on any atom is -0.341 e. The summed E-state index contributed by atoms with van der Waals surface area (Å²) in [4.78, 5) is 13.0. The number of rotatable bonds is 1. The van der Waals surface area contributed by atoms with Gasteiger partial charge < -0.3 is 4.90 Å². The summed E-state index contributed by atoms with van der Waals surface area (Å²) < 4.78 is 0.569. The number of nitriles is 1. The molecule has 0 saturated carbocycles. The van der Waals surface area contributed by atoms with Crippen LogP contribution in [0.15, 0.2) is 0 Å². The third kappa shape index (κ3) is 2.63. The molecule has 3 nitrogen and oxygen atoms in total. The Kier molecular flexibility index (Phi) is 3.79. The smallest absolute Gasteiger partial charge is 0.236 e. The number of halogens is 1. The van der Waals surface area contributed by atoms with Gasteiger partial charge in [-0.3, -0.25) is 4.79 Å². The van der Waals surface area contributed by atoms with Crippen molar-refractivity contribution in [1.29, 1.82) is 5.26 Å². The number of nitrogens with zero attached hydrogens (tertiary/aromatic N) is 2. The minimum atomic E-state index is -0.0149. The highest BCUT2D eigenvalue weighted by molar-refractivity contribution is 14.1. The van der Waals surface area contributed by atoms with Gasteiger partial charge in [0.1, 0.15) is 6.42 Å². The van der Waals surface area contributed by atoms with Crippen LogP contribution in [0.5, 0.6) is 0 Å². The maximum absolute atomic E-state index is 11.2. The van der Waals surface area contributed by atoms with Crippen molar-refractivity contribution in [2.24, 2.45) is 0 Å². The molecule has 0 bridgehead atoms. The zero-order valence-corrected chi connectivity index (χ0v) is 8.95. The van der Waals surface area contributed by atoms with Crippen LogP contribution in [0.4, 0.5) is 0 Å². The maximum atomic E-state index is 11.2. The lowest BCUT2D eigenvalue weighted by Crippen LogP contribution is -2.39. The van der Waals surface area contributed by atoms with Crippen molar-refractivity contribution in [2.45, 2.75) is 23.2 Å². The van der Waals surface area contributed by atoms with Crippen molar-refractivity contribution >= 4 is 28.5 Å². The van der Waals surface area contributed by atoms with E-state index >= 15 is 0 Å². The molecule has 0 aromatic rings. The Morgan fingerprint density at radius 3 is 3.08 bits per heavy atom. The first-order chi connectivity index (χ1) is 5.74. The zero-order chi connectivity index (χ0) is 8.97. The number of hydrogen-bond donors (Lipinski definition) is 0. The summed E-state index contributed by atoms with van der Waals surface area (Å²) in [5.41, 5.74) is 0. The number of likely N-dealkylation sites (tertiary alicyclic amines) is 1. The number of carbonyl (C=O) groups excluding carboxylic acids is 1. The molecule has 66 valence electrons. The summed E-state index contributed by atoms with van der Waals surface area (Å²) in [6.45, 7) is 1.65. The molecule has 1 aliphatic rings. The van der Waals surface area contributed by atoms with Crippen molar-refractivity contribution in [3.05, 3.63) is 0 Å². The maximum Gasteiger partial charge on any atom is 0.236 e. The number of alkyl halides is 1. The molecule has 1 atom stereocenters.